The van der Waals surface area contributed by atoms with Crippen molar-refractivity contribution in [3.63, 3.8) is 0 Å². The highest BCUT2D eigenvalue weighted by atomic mass is 16.1. The predicted molar refractivity (Wildman–Crippen MR) is 97.1 cm³/mol. The van der Waals surface area contributed by atoms with Gasteiger partial charge < -0.3 is 5.32 Å². The van der Waals surface area contributed by atoms with Gasteiger partial charge in [0.05, 0.1) is 11.2 Å². The van der Waals surface area contributed by atoms with Gasteiger partial charge >= 0.3 is 0 Å². The van der Waals surface area contributed by atoms with Crippen molar-refractivity contribution in [3.05, 3.63) is 66.2 Å². The lowest BCUT2D eigenvalue weighted by atomic mass is 9.94. The summed E-state index contributed by atoms with van der Waals surface area (Å²) in [5.74, 6) is 0.670. The smallest absolute Gasteiger partial charge is 0.163 e. The van der Waals surface area contributed by atoms with E-state index in [1.54, 1.807) is 0 Å². The number of Topliss-reactive ketones (excluding diaryl/α,β-unsaturated/α-hetero) is 1. The summed E-state index contributed by atoms with van der Waals surface area (Å²) in [5, 5.41) is 4.29. The van der Waals surface area contributed by atoms with Gasteiger partial charge in [-0.05, 0) is 37.6 Å². The van der Waals surface area contributed by atoms with Gasteiger partial charge in [-0.15, -0.1) is 0 Å². The van der Waals surface area contributed by atoms with Crippen molar-refractivity contribution in [3.8, 4) is 11.3 Å². The number of aromatic nitrogens is 1. The van der Waals surface area contributed by atoms with Crippen molar-refractivity contribution < 1.29 is 4.79 Å². The molecule has 1 aliphatic rings. The first-order chi connectivity index (χ1) is 11.8. The largest absolute Gasteiger partial charge is 0.316 e. The van der Waals surface area contributed by atoms with Crippen LogP contribution in [0.2, 0.25) is 0 Å². The molecule has 3 nitrogen and oxygen atoms in total. The lowest BCUT2D eigenvalue weighted by molar-refractivity contribution is 0.0966. The van der Waals surface area contributed by atoms with Crippen LogP contribution >= 0.6 is 0 Å². The van der Waals surface area contributed by atoms with Crippen molar-refractivity contribution in [2.75, 3.05) is 13.1 Å². The van der Waals surface area contributed by atoms with Crippen LogP contribution in [0.4, 0.5) is 0 Å². The van der Waals surface area contributed by atoms with Gasteiger partial charge in [0.15, 0.2) is 5.78 Å². The molecule has 0 spiro atoms. The van der Waals surface area contributed by atoms with Gasteiger partial charge in [0.2, 0.25) is 0 Å². The van der Waals surface area contributed by atoms with Gasteiger partial charge in [-0.3, -0.25) is 4.79 Å². The molecule has 0 radical (unpaired) electrons. The number of fused-ring (bicyclic) bond motifs is 1. The Morgan fingerprint density at radius 1 is 1.08 bits per heavy atom. The monoisotopic (exact) mass is 316 g/mol. The summed E-state index contributed by atoms with van der Waals surface area (Å²) in [6.07, 6.45) is 1.69. The summed E-state index contributed by atoms with van der Waals surface area (Å²) in [6, 6.07) is 19.9. The van der Waals surface area contributed by atoms with E-state index in [1.165, 1.54) is 0 Å². The number of para-hydroxylation sites is 1. The minimum Gasteiger partial charge on any atom is -0.316 e. The normalized spacial score (nSPS) is 17.2. The molecule has 1 fully saturated rings. The summed E-state index contributed by atoms with van der Waals surface area (Å²) < 4.78 is 0. The molecule has 1 unspecified atom stereocenters. The van der Waals surface area contributed by atoms with Crippen LogP contribution in [0.1, 0.15) is 23.2 Å². The lowest BCUT2D eigenvalue weighted by Gasteiger charge is -2.11. The molecule has 3 heteroatoms. The molecule has 1 N–H and O–H groups in total. The Labute approximate surface area is 141 Å². The van der Waals surface area contributed by atoms with Crippen LogP contribution in [0.25, 0.3) is 22.2 Å². The first-order valence-electron chi connectivity index (χ1n) is 8.50. The van der Waals surface area contributed by atoms with E-state index in [-0.39, 0.29) is 5.78 Å². The van der Waals surface area contributed by atoms with Gasteiger partial charge in [0.25, 0.3) is 0 Å². The van der Waals surface area contributed by atoms with Gasteiger partial charge in [0.1, 0.15) is 0 Å². The number of pyridine rings is 1. The molecule has 0 saturated carbocycles. The minimum absolute atomic E-state index is 0.222. The fraction of sp³-hybridized carbons (Fsp3) is 0.238. The van der Waals surface area contributed by atoms with Crippen molar-refractivity contribution in [1.29, 1.82) is 0 Å². The molecule has 2 heterocycles. The van der Waals surface area contributed by atoms with Crippen LogP contribution in [0, 0.1) is 5.92 Å². The zero-order valence-corrected chi connectivity index (χ0v) is 13.5. The fourth-order valence-electron chi connectivity index (χ4n) is 3.42. The Bertz CT molecular complexity index is 867. The van der Waals surface area contributed by atoms with E-state index in [0.717, 1.165) is 47.2 Å². The summed E-state index contributed by atoms with van der Waals surface area (Å²) >= 11 is 0. The highest BCUT2D eigenvalue weighted by molar-refractivity contribution is 6.08. The van der Waals surface area contributed by atoms with Crippen LogP contribution < -0.4 is 5.32 Å². The Kier molecular flexibility index (Phi) is 4.09. The summed E-state index contributed by atoms with van der Waals surface area (Å²) in [5.41, 5.74) is 3.58. The third-order valence-electron chi connectivity index (χ3n) is 4.72. The molecule has 3 aromatic rings. The number of hydrogen-bond acceptors (Lipinski definition) is 3. The van der Waals surface area contributed by atoms with Crippen molar-refractivity contribution in [2.45, 2.75) is 12.8 Å². The average molecular weight is 316 g/mol. The number of nitrogens with zero attached hydrogens (tertiary/aromatic N) is 1. The number of rotatable bonds is 4. The third kappa shape index (κ3) is 2.95. The minimum atomic E-state index is 0.222. The van der Waals surface area contributed by atoms with Gasteiger partial charge in [-0.2, -0.15) is 0 Å². The SMILES string of the molecule is O=C(CC1CCNC1)c1cc(-c2ccccc2)nc2ccccc12. The molecule has 1 aromatic heterocycles. The van der Waals surface area contributed by atoms with E-state index in [1.807, 2.05) is 60.7 Å². The summed E-state index contributed by atoms with van der Waals surface area (Å²) in [7, 11) is 0. The number of carbonyl (C=O) groups is 1. The number of nitrogens with one attached hydrogen (secondary N) is 1. The molecule has 0 aliphatic carbocycles. The van der Waals surface area contributed by atoms with Gasteiger partial charge in [-0.1, -0.05) is 48.5 Å². The van der Waals surface area contributed by atoms with Crippen LogP contribution in [0.5, 0.6) is 0 Å². The second-order valence-electron chi connectivity index (χ2n) is 6.42. The van der Waals surface area contributed by atoms with E-state index in [0.29, 0.717) is 12.3 Å². The maximum absolute atomic E-state index is 12.9. The number of benzene rings is 2. The highest BCUT2D eigenvalue weighted by Crippen LogP contribution is 2.27. The van der Waals surface area contributed by atoms with Crippen LogP contribution in [-0.2, 0) is 0 Å². The fourth-order valence-corrected chi connectivity index (χ4v) is 3.42. The van der Waals surface area contributed by atoms with Gasteiger partial charge in [0, 0.05) is 22.9 Å². The van der Waals surface area contributed by atoms with Crippen LogP contribution in [0.15, 0.2) is 60.7 Å². The van der Waals surface area contributed by atoms with E-state index in [4.69, 9.17) is 4.98 Å². The third-order valence-corrected chi connectivity index (χ3v) is 4.72. The first-order valence-corrected chi connectivity index (χ1v) is 8.50. The zero-order valence-electron chi connectivity index (χ0n) is 13.5. The Morgan fingerprint density at radius 3 is 2.67 bits per heavy atom. The van der Waals surface area contributed by atoms with E-state index in [9.17, 15) is 4.79 Å². The van der Waals surface area contributed by atoms with Crippen molar-refractivity contribution >= 4 is 16.7 Å². The predicted octanol–water partition coefficient (Wildman–Crippen LogP) is 4.08. The number of hydrogen-bond donors (Lipinski definition) is 1. The standard InChI is InChI=1S/C21H20N2O/c24-21(12-15-10-11-22-14-15)18-13-20(16-6-2-1-3-7-16)23-19-9-5-4-8-17(18)19/h1-9,13,15,22H,10-12,14H2. The summed E-state index contributed by atoms with van der Waals surface area (Å²) in [6.45, 7) is 1.96. The molecule has 1 aliphatic heterocycles. The highest BCUT2D eigenvalue weighted by Gasteiger charge is 2.21. The Balaban J connectivity index is 1.79. The topological polar surface area (TPSA) is 42.0 Å². The summed E-state index contributed by atoms with van der Waals surface area (Å²) in [4.78, 5) is 17.7. The molecular weight excluding hydrogens is 296 g/mol. The van der Waals surface area contributed by atoms with Crippen LogP contribution in [-0.4, -0.2) is 23.9 Å². The number of ketones is 1. The Morgan fingerprint density at radius 2 is 1.88 bits per heavy atom. The Hall–Kier alpha value is -2.52. The average Bonchev–Trinajstić information content (AvgIpc) is 3.14. The first kappa shape index (κ1) is 15.0. The van der Waals surface area contributed by atoms with Crippen LogP contribution in [0.3, 0.4) is 0 Å². The van der Waals surface area contributed by atoms with E-state index < -0.39 is 0 Å². The molecule has 4 rings (SSSR count). The van der Waals surface area contributed by atoms with E-state index >= 15 is 0 Å². The van der Waals surface area contributed by atoms with E-state index in [2.05, 4.69) is 5.32 Å². The maximum atomic E-state index is 12.9. The molecule has 24 heavy (non-hydrogen) atoms. The molecule has 2 aromatic carbocycles. The lowest BCUT2D eigenvalue weighted by Crippen LogP contribution is -2.13. The molecule has 0 bridgehead atoms. The maximum Gasteiger partial charge on any atom is 0.163 e. The second kappa shape index (κ2) is 6.54. The molecule has 1 saturated heterocycles. The molecule has 120 valence electrons. The number of carbonyl (C=O) groups excluding carboxylic acids is 1. The zero-order chi connectivity index (χ0) is 16.4. The van der Waals surface area contributed by atoms with Crippen molar-refractivity contribution in [1.82, 2.24) is 10.3 Å². The molecule has 1 atom stereocenters. The van der Waals surface area contributed by atoms with Crippen molar-refractivity contribution in [2.24, 2.45) is 5.92 Å². The quantitative estimate of drug-likeness (QED) is 0.737. The van der Waals surface area contributed by atoms with Gasteiger partial charge in [-0.25, -0.2) is 4.98 Å². The molecular formula is C21H20N2O. The molecule has 0 amide bonds. The second-order valence-corrected chi connectivity index (χ2v) is 6.42.